The molecule has 6 nitrogen and oxygen atoms in total. The number of fused-ring (bicyclic) bond motifs is 10. The topological polar surface area (TPSA) is 61.7 Å². The Morgan fingerprint density at radius 1 is 0.392 bits per heavy atom. The van der Waals surface area contributed by atoms with Crippen LogP contribution in [0.15, 0.2) is 168 Å². The van der Waals surface area contributed by atoms with Crippen LogP contribution in [-0.2, 0) is 0 Å². The number of rotatable bonds is 4. The molecule has 6 heteroatoms. The van der Waals surface area contributed by atoms with Gasteiger partial charge in [-0.2, -0.15) is 9.97 Å². The maximum Gasteiger partial charge on any atom is 0.238 e. The van der Waals surface area contributed by atoms with Gasteiger partial charge in [-0.1, -0.05) is 121 Å². The standard InChI is InChI=1S/C45H27N5O/c1-3-14-28(15-4-1)43-46-44(34-21-13-25-39-40(34)33-20-9-12-24-38(33)51-39)48-45(47-43)50-36-23-11-8-19-32(36)41-37(50)27-26-31-30-18-7-10-22-35(30)49(42(31)41)29-16-5-2-6-17-29/h1-27H. The minimum absolute atomic E-state index is 0.552. The van der Waals surface area contributed by atoms with Crippen molar-refractivity contribution in [2.45, 2.75) is 0 Å². The molecule has 11 rings (SSSR count). The molecule has 0 amide bonds. The summed E-state index contributed by atoms with van der Waals surface area (Å²) in [6.45, 7) is 0. The van der Waals surface area contributed by atoms with Crippen LogP contribution in [0.2, 0.25) is 0 Å². The van der Waals surface area contributed by atoms with Crippen LogP contribution in [0, 0.1) is 0 Å². The molecule has 0 spiro atoms. The lowest BCUT2D eigenvalue weighted by Crippen LogP contribution is -2.06. The van der Waals surface area contributed by atoms with Crippen molar-refractivity contribution in [2.75, 3.05) is 0 Å². The summed E-state index contributed by atoms with van der Waals surface area (Å²) in [5, 5.41) is 6.70. The summed E-state index contributed by atoms with van der Waals surface area (Å²) in [5.74, 6) is 1.74. The first-order valence-electron chi connectivity index (χ1n) is 17.0. The monoisotopic (exact) mass is 653 g/mol. The van der Waals surface area contributed by atoms with E-state index in [1.165, 1.54) is 10.8 Å². The van der Waals surface area contributed by atoms with Gasteiger partial charge in [-0.3, -0.25) is 4.57 Å². The van der Waals surface area contributed by atoms with E-state index in [1.807, 2.05) is 60.7 Å². The third-order valence-electron chi connectivity index (χ3n) is 9.98. The normalized spacial score (nSPS) is 11.9. The zero-order chi connectivity index (χ0) is 33.5. The minimum Gasteiger partial charge on any atom is -0.456 e. The summed E-state index contributed by atoms with van der Waals surface area (Å²) >= 11 is 0. The van der Waals surface area contributed by atoms with E-state index in [0.717, 1.165) is 71.6 Å². The van der Waals surface area contributed by atoms with Crippen molar-refractivity contribution < 1.29 is 4.42 Å². The van der Waals surface area contributed by atoms with Gasteiger partial charge in [0.05, 0.1) is 22.1 Å². The molecule has 0 atom stereocenters. The van der Waals surface area contributed by atoms with Crippen molar-refractivity contribution in [3.63, 3.8) is 0 Å². The molecule has 11 aromatic rings. The maximum atomic E-state index is 6.28. The average Bonchev–Trinajstić information content (AvgIpc) is 3.86. The van der Waals surface area contributed by atoms with Crippen LogP contribution in [0.25, 0.3) is 100.0 Å². The summed E-state index contributed by atoms with van der Waals surface area (Å²) in [6, 6.07) is 56.6. The second-order valence-electron chi connectivity index (χ2n) is 12.8. The lowest BCUT2D eigenvalue weighted by Gasteiger charge is -2.12. The highest BCUT2D eigenvalue weighted by Gasteiger charge is 2.23. The van der Waals surface area contributed by atoms with Gasteiger partial charge in [-0.15, -0.1) is 0 Å². The van der Waals surface area contributed by atoms with Crippen LogP contribution >= 0.6 is 0 Å². The van der Waals surface area contributed by atoms with E-state index in [2.05, 4.69) is 112 Å². The fourth-order valence-corrected chi connectivity index (χ4v) is 7.83. The van der Waals surface area contributed by atoms with Gasteiger partial charge in [0.15, 0.2) is 11.6 Å². The molecule has 0 saturated carbocycles. The molecular weight excluding hydrogens is 627 g/mol. The number of hydrogen-bond donors (Lipinski definition) is 0. The number of para-hydroxylation sites is 4. The van der Waals surface area contributed by atoms with E-state index in [1.54, 1.807) is 0 Å². The first-order valence-corrected chi connectivity index (χ1v) is 17.0. The van der Waals surface area contributed by atoms with Gasteiger partial charge in [0.25, 0.3) is 0 Å². The van der Waals surface area contributed by atoms with Crippen molar-refractivity contribution in [3.8, 4) is 34.4 Å². The van der Waals surface area contributed by atoms with Gasteiger partial charge < -0.3 is 8.98 Å². The zero-order valence-corrected chi connectivity index (χ0v) is 27.2. The van der Waals surface area contributed by atoms with E-state index >= 15 is 0 Å². The number of aromatic nitrogens is 5. The van der Waals surface area contributed by atoms with Gasteiger partial charge in [0.1, 0.15) is 11.2 Å². The molecule has 0 saturated heterocycles. The fraction of sp³-hybridized carbons (Fsp3) is 0. The van der Waals surface area contributed by atoms with Gasteiger partial charge in [-0.05, 0) is 42.5 Å². The summed E-state index contributed by atoms with van der Waals surface area (Å²) < 4.78 is 10.9. The SMILES string of the molecule is c1ccc(-c2nc(-c3cccc4oc5ccccc5c34)nc(-n3c4ccccc4c4c3ccc3c5ccccc5n(-c5ccccc5)c34)n2)cc1. The van der Waals surface area contributed by atoms with Gasteiger partial charge in [-0.25, -0.2) is 4.98 Å². The zero-order valence-electron chi connectivity index (χ0n) is 27.2. The van der Waals surface area contributed by atoms with Crippen LogP contribution in [0.1, 0.15) is 0 Å². The van der Waals surface area contributed by atoms with Crippen molar-refractivity contribution >= 4 is 65.6 Å². The Bertz CT molecular complexity index is 3140. The highest BCUT2D eigenvalue weighted by Crippen LogP contribution is 2.42. The van der Waals surface area contributed by atoms with Gasteiger partial charge >= 0.3 is 0 Å². The van der Waals surface area contributed by atoms with Crippen LogP contribution in [0.4, 0.5) is 0 Å². The van der Waals surface area contributed by atoms with Crippen LogP contribution in [-0.4, -0.2) is 24.1 Å². The molecule has 4 aromatic heterocycles. The quantitative estimate of drug-likeness (QED) is 0.190. The summed E-state index contributed by atoms with van der Waals surface area (Å²) in [5.41, 5.74) is 8.91. The predicted octanol–water partition coefficient (Wildman–Crippen LogP) is 11.3. The summed E-state index contributed by atoms with van der Waals surface area (Å²) in [7, 11) is 0. The fourth-order valence-electron chi connectivity index (χ4n) is 7.83. The molecule has 0 radical (unpaired) electrons. The number of nitrogens with zero attached hydrogens (tertiary/aromatic N) is 5. The van der Waals surface area contributed by atoms with E-state index in [9.17, 15) is 0 Å². The third kappa shape index (κ3) is 4.07. The highest BCUT2D eigenvalue weighted by molar-refractivity contribution is 6.26. The predicted molar refractivity (Wildman–Crippen MR) is 207 cm³/mol. The van der Waals surface area contributed by atoms with Crippen molar-refractivity contribution in [1.82, 2.24) is 24.1 Å². The van der Waals surface area contributed by atoms with Crippen molar-refractivity contribution in [1.29, 1.82) is 0 Å². The second-order valence-corrected chi connectivity index (χ2v) is 12.8. The van der Waals surface area contributed by atoms with E-state index in [0.29, 0.717) is 17.6 Å². The van der Waals surface area contributed by atoms with Crippen LogP contribution in [0.3, 0.4) is 0 Å². The second kappa shape index (κ2) is 10.7. The number of benzene rings is 7. The molecule has 0 fully saturated rings. The minimum atomic E-state index is 0.552. The molecule has 51 heavy (non-hydrogen) atoms. The Hall–Kier alpha value is -7.05. The van der Waals surface area contributed by atoms with Crippen LogP contribution in [0.5, 0.6) is 0 Å². The van der Waals surface area contributed by atoms with Gasteiger partial charge in [0, 0.05) is 49.1 Å². The molecular formula is C45H27N5O. The molecule has 7 aromatic carbocycles. The third-order valence-corrected chi connectivity index (χ3v) is 9.98. The number of furan rings is 1. The molecule has 4 heterocycles. The first kappa shape index (κ1) is 27.9. The maximum absolute atomic E-state index is 6.28. The molecule has 0 aliphatic rings. The Balaban J connectivity index is 1.27. The van der Waals surface area contributed by atoms with Crippen molar-refractivity contribution in [3.05, 3.63) is 164 Å². The average molecular weight is 654 g/mol. The largest absolute Gasteiger partial charge is 0.456 e. The van der Waals surface area contributed by atoms with E-state index in [-0.39, 0.29) is 0 Å². The lowest BCUT2D eigenvalue weighted by atomic mass is 10.1. The molecule has 0 bridgehead atoms. The van der Waals surface area contributed by atoms with E-state index < -0.39 is 0 Å². The smallest absolute Gasteiger partial charge is 0.238 e. The van der Waals surface area contributed by atoms with Crippen molar-refractivity contribution in [2.24, 2.45) is 0 Å². The van der Waals surface area contributed by atoms with Crippen LogP contribution < -0.4 is 0 Å². The summed E-state index contributed by atoms with van der Waals surface area (Å²) in [6.07, 6.45) is 0. The highest BCUT2D eigenvalue weighted by atomic mass is 16.3. The molecule has 0 aliphatic carbocycles. The Morgan fingerprint density at radius 2 is 1.04 bits per heavy atom. The molecule has 0 aliphatic heterocycles. The Kier molecular flexibility index (Phi) is 5.86. The van der Waals surface area contributed by atoms with E-state index in [4.69, 9.17) is 19.4 Å². The molecule has 0 unspecified atom stereocenters. The molecule has 238 valence electrons. The summed E-state index contributed by atoms with van der Waals surface area (Å²) in [4.78, 5) is 15.7. The van der Waals surface area contributed by atoms with Gasteiger partial charge in [0.2, 0.25) is 5.95 Å². The molecule has 0 N–H and O–H groups in total. The first-order chi connectivity index (χ1) is 25.3. The lowest BCUT2D eigenvalue weighted by molar-refractivity contribution is 0.669. The number of hydrogen-bond acceptors (Lipinski definition) is 4. The Labute approximate surface area is 291 Å². The Morgan fingerprint density at radius 3 is 1.86 bits per heavy atom.